The molecule has 0 bridgehead atoms. The Kier molecular flexibility index (Phi) is 3.66. The van der Waals surface area contributed by atoms with E-state index in [4.69, 9.17) is 0 Å². The zero-order chi connectivity index (χ0) is 17.8. The smallest absolute Gasteiger partial charge is 0.255 e. The van der Waals surface area contributed by atoms with Crippen molar-refractivity contribution in [2.75, 3.05) is 24.7 Å². The maximum Gasteiger partial charge on any atom is 0.255 e. The van der Waals surface area contributed by atoms with Crippen LogP contribution in [0.2, 0.25) is 0 Å². The third-order valence-electron chi connectivity index (χ3n) is 5.04. The Morgan fingerprint density at radius 3 is 2.44 bits per heavy atom. The van der Waals surface area contributed by atoms with Gasteiger partial charge in [-0.1, -0.05) is 0 Å². The molecular weight excluding hydrogens is 342 g/mol. The highest BCUT2D eigenvalue weighted by Crippen LogP contribution is 2.47. The molecule has 3 heterocycles. The van der Waals surface area contributed by atoms with Gasteiger partial charge in [0.1, 0.15) is 0 Å². The highest BCUT2D eigenvalue weighted by Gasteiger charge is 2.57. The summed E-state index contributed by atoms with van der Waals surface area (Å²) < 4.78 is 26.2. The lowest BCUT2D eigenvalue weighted by molar-refractivity contribution is 0.440. The summed E-state index contributed by atoms with van der Waals surface area (Å²) in [7, 11) is -1.45. The van der Waals surface area contributed by atoms with E-state index < -0.39 is 10.0 Å². The molecule has 1 aliphatic carbocycles. The van der Waals surface area contributed by atoms with E-state index in [9.17, 15) is 13.2 Å². The van der Waals surface area contributed by atoms with Crippen LogP contribution in [0.3, 0.4) is 0 Å². The van der Waals surface area contributed by atoms with Gasteiger partial charge in [-0.05, 0) is 24.0 Å². The number of pyridine rings is 1. The molecule has 8 nitrogen and oxygen atoms in total. The van der Waals surface area contributed by atoms with Gasteiger partial charge in [-0.25, -0.2) is 17.7 Å². The minimum Gasteiger partial charge on any atom is -0.352 e. The number of hydrogen-bond donors (Lipinski definition) is 1. The van der Waals surface area contributed by atoms with Crippen molar-refractivity contribution >= 4 is 16.0 Å². The van der Waals surface area contributed by atoms with Crippen molar-refractivity contribution in [3.05, 3.63) is 40.9 Å². The van der Waals surface area contributed by atoms with E-state index in [1.807, 2.05) is 0 Å². The molecule has 2 aromatic rings. The van der Waals surface area contributed by atoms with E-state index in [0.29, 0.717) is 24.7 Å². The lowest BCUT2D eigenvalue weighted by Gasteiger charge is -2.18. The lowest BCUT2D eigenvalue weighted by atomic mass is 10.2. The van der Waals surface area contributed by atoms with Gasteiger partial charge < -0.3 is 5.32 Å². The fraction of sp³-hybridized carbons (Fsp3) is 0.438. The predicted molar refractivity (Wildman–Crippen MR) is 93.5 cm³/mol. The van der Waals surface area contributed by atoms with Crippen LogP contribution in [0.25, 0.3) is 11.3 Å². The fourth-order valence-electron chi connectivity index (χ4n) is 3.46. The van der Waals surface area contributed by atoms with Gasteiger partial charge in [-0.15, -0.1) is 0 Å². The van der Waals surface area contributed by atoms with Gasteiger partial charge >= 0.3 is 0 Å². The van der Waals surface area contributed by atoms with Crippen molar-refractivity contribution in [1.29, 1.82) is 0 Å². The predicted octanol–water partition coefficient (Wildman–Crippen LogP) is 0.144. The third-order valence-corrected chi connectivity index (χ3v) is 6.27. The summed E-state index contributed by atoms with van der Waals surface area (Å²) in [4.78, 5) is 20.8. The Hall–Kier alpha value is -2.26. The van der Waals surface area contributed by atoms with Crippen LogP contribution in [0.5, 0.6) is 0 Å². The topological polar surface area (TPSA) is 97.2 Å². The number of nitrogens with one attached hydrogen (secondary N) is 1. The molecule has 0 aromatic carbocycles. The van der Waals surface area contributed by atoms with Gasteiger partial charge in [0.15, 0.2) is 0 Å². The molecule has 1 unspecified atom stereocenters. The largest absolute Gasteiger partial charge is 0.352 e. The Labute approximate surface area is 145 Å². The maximum absolute atomic E-state index is 12.2. The van der Waals surface area contributed by atoms with E-state index in [2.05, 4.69) is 15.3 Å². The van der Waals surface area contributed by atoms with Crippen molar-refractivity contribution in [3.8, 4) is 11.3 Å². The first-order valence-corrected chi connectivity index (χ1v) is 9.89. The second-order valence-corrected chi connectivity index (χ2v) is 8.66. The minimum absolute atomic E-state index is 0.145. The van der Waals surface area contributed by atoms with E-state index in [1.54, 1.807) is 31.6 Å². The molecule has 1 aliphatic heterocycles. The van der Waals surface area contributed by atoms with Gasteiger partial charge in [-0.3, -0.25) is 14.3 Å². The molecule has 3 atom stereocenters. The first-order chi connectivity index (χ1) is 11.8. The Morgan fingerprint density at radius 2 is 1.84 bits per heavy atom. The summed E-state index contributed by atoms with van der Waals surface area (Å²) in [6.07, 6.45) is 4.56. The number of sulfonamides is 1. The summed E-state index contributed by atoms with van der Waals surface area (Å²) in [6, 6.07) is 5.27. The molecule has 4 rings (SSSR count). The van der Waals surface area contributed by atoms with Crippen LogP contribution in [-0.4, -0.2) is 52.6 Å². The molecule has 1 saturated carbocycles. The van der Waals surface area contributed by atoms with Crippen LogP contribution < -0.4 is 10.9 Å². The monoisotopic (exact) mass is 361 g/mol. The van der Waals surface area contributed by atoms with Crippen molar-refractivity contribution in [3.63, 3.8) is 0 Å². The molecule has 9 heteroatoms. The highest BCUT2D eigenvalue weighted by atomic mass is 32.2. The maximum atomic E-state index is 12.2. The molecule has 25 heavy (non-hydrogen) atoms. The Bertz CT molecular complexity index is 961. The molecule has 0 amide bonds. The van der Waals surface area contributed by atoms with Crippen LogP contribution in [0.15, 0.2) is 35.4 Å². The molecule has 2 aliphatic rings. The Balaban J connectivity index is 1.55. The SMILES string of the molecule is Cn1c(NC2[C@H]3CN(S(C)(=O)=O)C[C@@H]23)nc(-c2ccncc2)cc1=O. The van der Waals surface area contributed by atoms with Gasteiger partial charge in [0, 0.05) is 50.2 Å². The number of piperidine rings is 1. The molecular formula is C16H19N5O3S. The summed E-state index contributed by atoms with van der Waals surface area (Å²) in [5, 5.41) is 3.32. The van der Waals surface area contributed by atoms with E-state index in [1.165, 1.54) is 21.2 Å². The molecule has 2 fully saturated rings. The summed E-state index contributed by atoms with van der Waals surface area (Å²) in [5.74, 6) is 1.05. The van der Waals surface area contributed by atoms with E-state index >= 15 is 0 Å². The van der Waals surface area contributed by atoms with Crippen molar-refractivity contribution in [2.45, 2.75) is 6.04 Å². The van der Waals surface area contributed by atoms with Crippen LogP contribution in [-0.2, 0) is 17.1 Å². The van der Waals surface area contributed by atoms with Crippen molar-refractivity contribution < 1.29 is 8.42 Å². The van der Waals surface area contributed by atoms with Crippen LogP contribution in [0, 0.1) is 11.8 Å². The summed E-state index contributed by atoms with van der Waals surface area (Å²) in [5.41, 5.74) is 1.28. The second-order valence-electron chi connectivity index (χ2n) is 6.68. The van der Waals surface area contributed by atoms with Gasteiger partial charge in [0.25, 0.3) is 5.56 Å². The average Bonchev–Trinajstić information content (AvgIpc) is 3.01. The molecule has 1 N–H and O–H groups in total. The number of hydrogen-bond acceptors (Lipinski definition) is 6. The standard InChI is InChI=1S/C16H19N5O3S/c1-20-14(22)7-13(10-3-5-17-6-4-10)18-16(20)19-15-11-8-21(9-12(11)15)25(2,23)24/h3-7,11-12,15H,8-9H2,1-2H3,(H,18,19)/t11-,12+,15?. The molecule has 1 saturated heterocycles. The highest BCUT2D eigenvalue weighted by molar-refractivity contribution is 7.88. The number of anilines is 1. The average molecular weight is 361 g/mol. The fourth-order valence-corrected chi connectivity index (χ4v) is 4.35. The first-order valence-electron chi connectivity index (χ1n) is 8.05. The van der Waals surface area contributed by atoms with E-state index in [-0.39, 0.29) is 23.4 Å². The van der Waals surface area contributed by atoms with E-state index in [0.717, 1.165) is 5.56 Å². The van der Waals surface area contributed by atoms with Crippen molar-refractivity contribution in [1.82, 2.24) is 18.8 Å². The quantitative estimate of drug-likeness (QED) is 0.832. The molecule has 2 aromatic heterocycles. The van der Waals surface area contributed by atoms with Crippen LogP contribution >= 0.6 is 0 Å². The zero-order valence-corrected chi connectivity index (χ0v) is 14.8. The number of aromatic nitrogens is 3. The first kappa shape index (κ1) is 16.2. The summed E-state index contributed by atoms with van der Waals surface area (Å²) >= 11 is 0. The van der Waals surface area contributed by atoms with Crippen molar-refractivity contribution in [2.24, 2.45) is 18.9 Å². The van der Waals surface area contributed by atoms with Gasteiger partial charge in [-0.2, -0.15) is 0 Å². The normalized spacial score (nSPS) is 25.6. The third kappa shape index (κ3) is 2.93. The second kappa shape index (κ2) is 5.63. The minimum atomic E-state index is -3.13. The van der Waals surface area contributed by atoms with Crippen LogP contribution in [0.1, 0.15) is 0 Å². The van der Waals surface area contributed by atoms with Crippen LogP contribution in [0.4, 0.5) is 5.95 Å². The molecule has 132 valence electrons. The summed E-state index contributed by atoms with van der Waals surface area (Å²) in [6.45, 7) is 1.05. The molecule has 0 radical (unpaired) electrons. The Morgan fingerprint density at radius 1 is 1.20 bits per heavy atom. The molecule has 0 spiro atoms. The van der Waals surface area contributed by atoms with Gasteiger partial charge in [0.2, 0.25) is 16.0 Å². The lowest BCUT2D eigenvalue weighted by Crippen LogP contribution is -2.33. The number of rotatable bonds is 4. The number of nitrogens with zero attached hydrogens (tertiary/aromatic N) is 4. The zero-order valence-electron chi connectivity index (χ0n) is 14.0. The number of fused-ring (bicyclic) bond motifs is 1. The van der Waals surface area contributed by atoms with Gasteiger partial charge in [0.05, 0.1) is 11.9 Å².